The Morgan fingerprint density at radius 2 is 2.12 bits per heavy atom. The van der Waals surface area contributed by atoms with Gasteiger partial charge in [0.2, 0.25) is 5.89 Å². The van der Waals surface area contributed by atoms with Crippen LogP contribution in [-0.4, -0.2) is 28.6 Å². The van der Waals surface area contributed by atoms with Crippen molar-refractivity contribution in [3.8, 4) is 17.2 Å². The van der Waals surface area contributed by atoms with Gasteiger partial charge in [0.25, 0.3) is 0 Å². The normalized spacial score (nSPS) is 10.6. The van der Waals surface area contributed by atoms with Crippen molar-refractivity contribution >= 4 is 0 Å². The highest BCUT2D eigenvalue weighted by Crippen LogP contribution is 2.18. The molecule has 1 heterocycles. The maximum atomic E-state index is 11.4. The number of hydrogen-bond donors (Lipinski definition) is 1. The number of phenols is 1. The second-order valence-corrected chi connectivity index (χ2v) is 3.44. The van der Waals surface area contributed by atoms with Gasteiger partial charge >= 0.3 is 5.76 Å². The van der Waals surface area contributed by atoms with E-state index in [-0.39, 0.29) is 11.6 Å². The Labute approximate surface area is 97.1 Å². The largest absolute Gasteiger partial charge is 0.508 e. The zero-order chi connectivity index (χ0) is 12.3. The minimum Gasteiger partial charge on any atom is -0.508 e. The van der Waals surface area contributed by atoms with Gasteiger partial charge < -0.3 is 14.3 Å². The molecule has 0 saturated carbocycles. The zero-order valence-corrected chi connectivity index (χ0v) is 9.29. The Kier molecular flexibility index (Phi) is 3.24. The van der Waals surface area contributed by atoms with Gasteiger partial charge in [-0.25, -0.2) is 4.79 Å². The second kappa shape index (κ2) is 4.84. The van der Waals surface area contributed by atoms with Gasteiger partial charge in [0.15, 0.2) is 0 Å². The highest BCUT2D eigenvalue weighted by Gasteiger charge is 2.09. The third-order valence-electron chi connectivity index (χ3n) is 2.23. The van der Waals surface area contributed by atoms with E-state index in [1.807, 2.05) is 0 Å². The fraction of sp³-hybridized carbons (Fsp3) is 0.273. The highest BCUT2D eigenvalue weighted by atomic mass is 16.5. The molecule has 0 saturated heterocycles. The molecule has 0 fully saturated rings. The van der Waals surface area contributed by atoms with Gasteiger partial charge in [-0.1, -0.05) is 0 Å². The first-order valence-corrected chi connectivity index (χ1v) is 5.07. The summed E-state index contributed by atoms with van der Waals surface area (Å²) in [4.78, 5) is 11.4. The van der Waals surface area contributed by atoms with Crippen LogP contribution in [0.25, 0.3) is 11.5 Å². The quantitative estimate of drug-likeness (QED) is 0.851. The molecular weight excluding hydrogens is 224 g/mol. The Hall–Kier alpha value is -2.08. The molecule has 17 heavy (non-hydrogen) atoms. The molecule has 2 aromatic rings. The van der Waals surface area contributed by atoms with E-state index in [1.165, 1.54) is 16.8 Å². The van der Waals surface area contributed by atoms with Crippen LogP contribution in [0.4, 0.5) is 0 Å². The molecule has 1 N–H and O–H groups in total. The molecule has 0 amide bonds. The smallest absolute Gasteiger partial charge is 0.437 e. The van der Waals surface area contributed by atoms with Gasteiger partial charge in [-0.15, -0.1) is 5.10 Å². The lowest BCUT2D eigenvalue weighted by atomic mass is 10.2. The van der Waals surface area contributed by atoms with Crippen LogP contribution in [0.5, 0.6) is 5.75 Å². The summed E-state index contributed by atoms with van der Waals surface area (Å²) in [6.45, 7) is 0.734. The minimum absolute atomic E-state index is 0.148. The van der Waals surface area contributed by atoms with Crippen molar-refractivity contribution in [1.29, 1.82) is 0 Å². The molecule has 0 radical (unpaired) electrons. The summed E-state index contributed by atoms with van der Waals surface area (Å²) < 4.78 is 11.1. The lowest BCUT2D eigenvalue weighted by Gasteiger charge is -1.96. The number of ether oxygens (including phenoxy) is 1. The SMILES string of the molecule is COCCn1nc(-c2ccc(O)cc2)oc1=O. The number of methoxy groups -OCH3 is 1. The standard InChI is InChI=1S/C11H12N2O4/c1-16-7-6-13-11(15)17-10(12-13)8-2-4-9(14)5-3-8/h2-5,14H,6-7H2,1H3. The van der Waals surface area contributed by atoms with Crippen molar-refractivity contribution in [3.63, 3.8) is 0 Å². The van der Waals surface area contributed by atoms with Crippen molar-refractivity contribution in [2.75, 3.05) is 13.7 Å². The summed E-state index contributed by atoms with van der Waals surface area (Å²) in [7, 11) is 1.55. The molecule has 0 atom stereocenters. The molecule has 0 aliphatic carbocycles. The molecule has 0 aliphatic rings. The van der Waals surface area contributed by atoms with Crippen LogP contribution < -0.4 is 5.76 Å². The molecule has 1 aromatic carbocycles. The summed E-state index contributed by atoms with van der Waals surface area (Å²) in [6.07, 6.45) is 0. The molecule has 90 valence electrons. The van der Waals surface area contributed by atoms with E-state index in [0.29, 0.717) is 18.7 Å². The van der Waals surface area contributed by atoms with Gasteiger partial charge in [0.1, 0.15) is 5.75 Å². The molecule has 6 nitrogen and oxygen atoms in total. The first-order valence-electron chi connectivity index (χ1n) is 5.07. The van der Waals surface area contributed by atoms with Crippen LogP contribution in [0.15, 0.2) is 33.5 Å². The highest BCUT2D eigenvalue weighted by molar-refractivity contribution is 5.53. The number of aromatic hydroxyl groups is 1. The van der Waals surface area contributed by atoms with Gasteiger partial charge in [-0.3, -0.25) is 0 Å². The molecule has 6 heteroatoms. The van der Waals surface area contributed by atoms with Gasteiger partial charge in [0, 0.05) is 12.7 Å². The summed E-state index contributed by atoms with van der Waals surface area (Å²) >= 11 is 0. The van der Waals surface area contributed by atoms with Crippen molar-refractivity contribution in [2.24, 2.45) is 0 Å². The van der Waals surface area contributed by atoms with E-state index >= 15 is 0 Å². The number of phenolic OH excluding ortho intramolecular Hbond substituents is 1. The monoisotopic (exact) mass is 236 g/mol. The second-order valence-electron chi connectivity index (χ2n) is 3.44. The van der Waals surface area contributed by atoms with E-state index in [2.05, 4.69) is 5.10 Å². The Bertz CT molecular complexity index is 541. The van der Waals surface area contributed by atoms with Crippen molar-refractivity contribution in [3.05, 3.63) is 34.8 Å². The molecule has 0 spiro atoms. The van der Waals surface area contributed by atoms with E-state index in [4.69, 9.17) is 14.3 Å². The van der Waals surface area contributed by atoms with E-state index < -0.39 is 5.76 Å². The Balaban J connectivity index is 2.28. The molecule has 1 aromatic heterocycles. The Morgan fingerprint density at radius 3 is 2.76 bits per heavy atom. The number of benzene rings is 1. The minimum atomic E-state index is -0.523. The van der Waals surface area contributed by atoms with Crippen molar-refractivity contribution < 1.29 is 14.3 Å². The van der Waals surface area contributed by atoms with Gasteiger partial charge in [-0.05, 0) is 24.3 Å². The van der Waals surface area contributed by atoms with Gasteiger partial charge in [-0.2, -0.15) is 4.68 Å². The number of aromatic nitrogens is 2. The van der Waals surface area contributed by atoms with E-state index in [0.717, 1.165) is 0 Å². The van der Waals surface area contributed by atoms with Crippen LogP contribution in [-0.2, 0) is 11.3 Å². The van der Waals surface area contributed by atoms with E-state index in [1.54, 1.807) is 19.2 Å². The molecule has 2 rings (SSSR count). The van der Waals surface area contributed by atoms with Crippen LogP contribution in [0.1, 0.15) is 0 Å². The third-order valence-corrected chi connectivity index (χ3v) is 2.23. The zero-order valence-electron chi connectivity index (χ0n) is 9.29. The molecule has 0 unspecified atom stereocenters. The topological polar surface area (TPSA) is 77.5 Å². The number of hydrogen-bond acceptors (Lipinski definition) is 5. The maximum absolute atomic E-state index is 11.4. The van der Waals surface area contributed by atoms with Crippen molar-refractivity contribution in [1.82, 2.24) is 9.78 Å². The van der Waals surface area contributed by atoms with Crippen molar-refractivity contribution in [2.45, 2.75) is 6.54 Å². The maximum Gasteiger partial charge on any atom is 0.437 e. The predicted molar refractivity (Wildman–Crippen MR) is 59.7 cm³/mol. The van der Waals surface area contributed by atoms with Crippen LogP contribution in [0.2, 0.25) is 0 Å². The fourth-order valence-electron chi connectivity index (χ4n) is 1.35. The fourth-order valence-corrected chi connectivity index (χ4v) is 1.35. The average Bonchev–Trinajstić information content (AvgIpc) is 2.69. The van der Waals surface area contributed by atoms with Crippen LogP contribution in [0, 0.1) is 0 Å². The average molecular weight is 236 g/mol. The number of rotatable bonds is 4. The lowest BCUT2D eigenvalue weighted by molar-refractivity contribution is 0.181. The predicted octanol–water partition coefficient (Wildman–Crippen LogP) is 0.855. The lowest BCUT2D eigenvalue weighted by Crippen LogP contribution is -2.18. The number of nitrogens with zero attached hydrogens (tertiary/aromatic N) is 2. The van der Waals surface area contributed by atoms with Crippen LogP contribution >= 0.6 is 0 Å². The Morgan fingerprint density at radius 1 is 1.41 bits per heavy atom. The molecular formula is C11H12N2O4. The summed E-state index contributed by atoms with van der Waals surface area (Å²) in [5.41, 5.74) is 0.635. The van der Waals surface area contributed by atoms with Crippen LogP contribution in [0.3, 0.4) is 0 Å². The first-order chi connectivity index (χ1) is 8.20. The first kappa shape index (κ1) is 11.4. The summed E-state index contributed by atoms with van der Waals surface area (Å²) in [5.74, 6) is -0.147. The molecule has 0 bridgehead atoms. The third kappa shape index (κ3) is 2.54. The van der Waals surface area contributed by atoms with Gasteiger partial charge in [0.05, 0.1) is 13.2 Å². The van der Waals surface area contributed by atoms with E-state index in [9.17, 15) is 4.79 Å². The summed E-state index contributed by atoms with van der Waals surface area (Å²) in [5, 5.41) is 13.2. The molecule has 0 aliphatic heterocycles. The summed E-state index contributed by atoms with van der Waals surface area (Å²) in [6, 6.07) is 6.26.